The molecule has 7 nitrogen and oxygen atoms in total. The van der Waals surface area contributed by atoms with Crippen LogP contribution in [0.25, 0.3) is 11.5 Å². The second-order valence-electron chi connectivity index (χ2n) is 6.84. The summed E-state index contributed by atoms with van der Waals surface area (Å²) in [4.78, 5) is 17.5. The maximum atomic E-state index is 13.1. The molecule has 0 saturated heterocycles. The van der Waals surface area contributed by atoms with Crippen molar-refractivity contribution in [2.75, 3.05) is 10.6 Å². The Balaban J connectivity index is 1.49. The van der Waals surface area contributed by atoms with Crippen LogP contribution in [0.15, 0.2) is 88.3 Å². The molecular formula is C23H16FN5O2. The number of fused-ring (bicyclic) bond motifs is 1. The van der Waals surface area contributed by atoms with Crippen LogP contribution in [0.3, 0.4) is 0 Å². The molecule has 4 aromatic rings. The van der Waals surface area contributed by atoms with Crippen molar-refractivity contribution >= 4 is 23.3 Å². The fourth-order valence-corrected chi connectivity index (χ4v) is 3.29. The van der Waals surface area contributed by atoms with E-state index in [1.165, 1.54) is 24.3 Å². The standard InChI is InChI=1S/C23H16FN5O2/c24-16-12-10-15(11-13-16)22-28-29-23(31-22)27-20-21(30)25-18-9-5-4-8-17(18)19(26-20)14-6-2-1-3-7-14/h1-13,20H,(H,25,30)(H,27,29). The van der Waals surface area contributed by atoms with E-state index < -0.39 is 6.17 Å². The van der Waals surface area contributed by atoms with Crippen LogP contribution in [0.1, 0.15) is 11.1 Å². The summed E-state index contributed by atoms with van der Waals surface area (Å²) in [6.07, 6.45) is -0.996. The summed E-state index contributed by atoms with van der Waals surface area (Å²) in [6, 6.07) is 22.8. The molecule has 31 heavy (non-hydrogen) atoms. The van der Waals surface area contributed by atoms with E-state index in [1.54, 1.807) is 0 Å². The lowest BCUT2D eigenvalue weighted by molar-refractivity contribution is -0.116. The van der Waals surface area contributed by atoms with Gasteiger partial charge in [-0.2, -0.15) is 0 Å². The Morgan fingerprint density at radius 2 is 1.61 bits per heavy atom. The maximum absolute atomic E-state index is 13.1. The van der Waals surface area contributed by atoms with Crippen molar-refractivity contribution < 1.29 is 13.6 Å². The molecule has 0 bridgehead atoms. The van der Waals surface area contributed by atoms with Crippen molar-refractivity contribution in [2.24, 2.45) is 4.99 Å². The van der Waals surface area contributed by atoms with Gasteiger partial charge in [0.25, 0.3) is 5.91 Å². The zero-order valence-electron chi connectivity index (χ0n) is 16.1. The second-order valence-corrected chi connectivity index (χ2v) is 6.84. The minimum absolute atomic E-state index is 0.0293. The lowest BCUT2D eigenvalue weighted by atomic mass is 10.0. The van der Waals surface area contributed by atoms with Gasteiger partial charge in [0.05, 0.1) is 11.4 Å². The average Bonchev–Trinajstić information content (AvgIpc) is 3.21. The van der Waals surface area contributed by atoms with Gasteiger partial charge in [0.2, 0.25) is 12.1 Å². The van der Waals surface area contributed by atoms with Crippen molar-refractivity contribution in [3.63, 3.8) is 0 Å². The molecule has 1 aliphatic rings. The topological polar surface area (TPSA) is 92.4 Å². The average molecular weight is 413 g/mol. The predicted octanol–water partition coefficient (Wildman–Crippen LogP) is 4.10. The summed E-state index contributed by atoms with van der Waals surface area (Å²) < 4.78 is 18.8. The normalized spacial score (nSPS) is 15.5. The summed E-state index contributed by atoms with van der Waals surface area (Å²) in [6.45, 7) is 0. The molecule has 1 aromatic heterocycles. The number of nitrogens with one attached hydrogen (secondary N) is 2. The molecular weight excluding hydrogens is 397 g/mol. The van der Waals surface area contributed by atoms with E-state index in [0.717, 1.165) is 11.1 Å². The van der Waals surface area contributed by atoms with E-state index in [1.807, 2.05) is 54.6 Å². The van der Waals surface area contributed by atoms with Crippen LogP contribution >= 0.6 is 0 Å². The van der Waals surface area contributed by atoms with Gasteiger partial charge in [-0.3, -0.25) is 4.79 Å². The predicted molar refractivity (Wildman–Crippen MR) is 114 cm³/mol. The highest BCUT2D eigenvalue weighted by Gasteiger charge is 2.27. The number of carbonyl (C=O) groups is 1. The van der Waals surface area contributed by atoms with Gasteiger partial charge in [-0.25, -0.2) is 9.38 Å². The number of benzodiazepines with no additional fused rings is 1. The Bertz CT molecular complexity index is 1270. The van der Waals surface area contributed by atoms with Gasteiger partial charge in [-0.05, 0) is 30.3 Å². The fourth-order valence-electron chi connectivity index (χ4n) is 3.29. The molecule has 3 aromatic carbocycles. The number of hydrogen-bond acceptors (Lipinski definition) is 6. The lowest BCUT2D eigenvalue weighted by Gasteiger charge is -2.11. The first kappa shape index (κ1) is 18.7. The summed E-state index contributed by atoms with van der Waals surface area (Å²) in [5.41, 5.74) is 3.56. The smallest absolute Gasteiger partial charge is 0.317 e. The third-order valence-electron chi connectivity index (χ3n) is 4.77. The van der Waals surface area contributed by atoms with Crippen LogP contribution in [0.5, 0.6) is 0 Å². The van der Waals surface area contributed by atoms with Gasteiger partial charge in [-0.1, -0.05) is 53.6 Å². The van der Waals surface area contributed by atoms with E-state index in [9.17, 15) is 9.18 Å². The van der Waals surface area contributed by atoms with Gasteiger partial charge >= 0.3 is 6.01 Å². The number of anilines is 2. The summed E-state index contributed by atoms with van der Waals surface area (Å²) in [5, 5.41) is 13.7. The first-order chi connectivity index (χ1) is 15.2. The highest BCUT2D eigenvalue weighted by atomic mass is 19.1. The minimum atomic E-state index is -0.996. The van der Waals surface area contributed by atoms with Crippen molar-refractivity contribution in [3.8, 4) is 11.5 Å². The minimum Gasteiger partial charge on any atom is -0.403 e. The molecule has 1 atom stereocenters. The first-order valence-electron chi connectivity index (χ1n) is 9.57. The SMILES string of the molecule is O=C1Nc2ccccc2C(c2ccccc2)=NC1Nc1nnc(-c2ccc(F)cc2)o1. The molecule has 1 aliphatic heterocycles. The number of carbonyl (C=O) groups excluding carboxylic acids is 1. The molecule has 0 spiro atoms. The summed E-state index contributed by atoms with van der Waals surface area (Å²) in [5.74, 6) is -0.522. The number of benzene rings is 3. The van der Waals surface area contributed by atoms with Crippen LogP contribution in [0, 0.1) is 5.82 Å². The molecule has 2 heterocycles. The lowest BCUT2D eigenvalue weighted by Crippen LogP contribution is -2.32. The van der Waals surface area contributed by atoms with Crippen molar-refractivity contribution in [1.29, 1.82) is 0 Å². The molecule has 0 aliphatic carbocycles. The van der Waals surface area contributed by atoms with E-state index in [2.05, 4.69) is 25.8 Å². The number of aromatic nitrogens is 2. The summed E-state index contributed by atoms with van der Waals surface area (Å²) in [7, 11) is 0. The molecule has 5 rings (SSSR count). The number of aliphatic imine (C=N–C) groups is 1. The Morgan fingerprint density at radius 1 is 0.871 bits per heavy atom. The summed E-state index contributed by atoms with van der Waals surface area (Å²) >= 11 is 0. The number of para-hydroxylation sites is 1. The highest BCUT2D eigenvalue weighted by molar-refractivity contribution is 6.19. The second kappa shape index (κ2) is 7.83. The number of rotatable bonds is 4. The fraction of sp³-hybridized carbons (Fsp3) is 0.0435. The third-order valence-corrected chi connectivity index (χ3v) is 4.77. The van der Waals surface area contributed by atoms with Gasteiger partial charge in [0.15, 0.2) is 0 Å². The quantitative estimate of drug-likeness (QED) is 0.525. The van der Waals surface area contributed by atoms with Crippen LogP contribution in [-0.4, -0.2) is 28.0 Å². The number of nitrogens with zero attached hydrogens (tertiary/aromatic N) is 3. The Labute approximate surface area is 176 Å². The number of amides is 1. The van der Waals surface area contributed by atoms with E-state index in [4.69, 9.17) is 4.42 Å². The van der Waals surface area contributed by atoms with Crippen LogP contribution in [0.2, 0.25) is 0 Å². The van der Waals surface area contributed by atoms with Gasteiger partial charge in [0.1, 0.15) is 5.82 Å². The molecule has 0 radical (unpaired) electrons. The molecule has 0 fully saturated rings. The number of halogens is 1. The van der Waals surface area contributed by atoms with Crippen LogP contribution in [-0.2, 0) is 4.79 Å². The Kier molecular flexibility index (Phi) is 4.72. The molecule has 8 heteroatoms. The Hall–Kier alpha value is -4.33. The molecule has 1 unspecified atom stereocenters. The number of hydrogen-bond donors (Lipinski definition) is 2. The van der Waals surface area contributed by atoms with Gasteiger partial charge < -0.3 is 15.1 Å². The monoisotopic (exact) mass is 413 g/mol. The van der Waals surface area contributed by atoms with Crippen molar-refractivity contribution in [2.45, 2.75) is 6.17 Å². The van der Waals surface area contributed by atoms with Crippen LogP contribution < -0.4 is 10.6 Å². The van der Waals surface area contributed by atoms with Gasteiger partial charge in [-0.15, -0.1) is 5.10 Å². The van der Waals surface area contributed by atoms with Crippen molar-refractivity contribution in [1.82, 2.24) is 10.2 Å². The third kappa shape index (κ3) is 3.78. The zero-order valence-corrected chi connectivity index (χ0v) is 16.1. The van der Waals surface area contributed by atoms with E-state index in [0.29, 0.717) is 17.0 Å². The van der Waals surface area contributed by atoms with Gasteiger partial charge in [0, 0.05) is 16.7 Å². The molecule has 2 N–H and O–H groups in total. The maximum Gasteiger partial charge on any atom is 0.317 e. The zero-order chi connectivity index (χ0) is 21.2. The molecule has 0 saturated carbocycles. The van der Waals surface area contributed by atoms with Crippen LogP contribution in [0.4, 0.5) is 16.1 Å². The Morgan fingerprint density at radius 3 is 2.42 bits per heavy atom. The largest absolute Gasteiger partial charge is 0.403 e. The molecule has 152 valence electrons. The first-order valence-corrected chi connectivity index (χ1v) is 9.57. The van der Waals surface area contributed by atoms with Crippen molar-refractivity contribution in [3.05, 3.63) is 95.8 Å². The molecule has 1 amide bonds. The van der Waals surface area contributed by atoms with E-state index in [-0.39, 0.29) is 23.6 Å². The highest BCUT2D eigenvalue weighted by Crippen LogP contribution is 2.25. The van der Waals surface area contributed by atoms with E-state index >= 15 is 0 Å².